The zero-order chi connectivity index (χ0) is 22.8. The molecule has 0 radical (unpaired) electrons. The Balaban J connectivity index is 0.00000512. The molecule has 1 unspecified atom stereocenters. The molecule has 8 nitrogen and oxygen atoms in total. The average molecular weight is 574 g/mol. The topological polar surface area (TPSA) is 105 Å². The molecule has 0 aliphatic rings. The van der Waals surface area contributed by atoms with Crippen LogP contribution in [0.4, 0.5) is 0 Å². The standard InChI is InChI=1S/C22H31N5O3S.HI/c1-6-23-19(28)17-11-9-16(10-12-17)13-25-22(24-7-2)27-15(5)20-26-14(4)18(31-20)21(29)30-8-3;/h9-12,15H,6-8,13H2,1-5H3,(H,23,28)(H2,24,25,27);1H. The number of esters is 1. The van der Waals surface area contributed by atoms with E-state index in [1.165, 1.54) is 11.3 Å². The fraction of sp³-hybridized carbons (Fsp3) is 0.455. The highest BCUT2D eigenvalue weighted by molar-refractivity contribution is 14.0. The number of rotatable bonds is 9. The van der Waals surface area contributed by atoms with Crippen LogP contribution in [0.25, 0.3) is 0 Å². The summed E-state index contributed by atoms with van der Waals surface area (Å²) in [7, 11) is 0. The molecule has 2 rings (SSSR count). The summed E-state index contributed by atoms with van der Waals surface area (Å²) in [4.78, 5) is 33.6. The highest BCUT2D eigenvalue weighted by atomic mass is 127. The monoisotopic (exact) mass is 573 g/mol. The molecule has 1 atom stereocenters. The van der Waals surface area contributed by atoms with Crippen molar-refractivity contribution in [1.29, 1.82) is 0 Å². The lowest BCUT2D eigenvalue weighted by molar-refractivity contribution is 0.0531. The Morgan fingerprint density at radius 1 is 1.12 bits per heavy atom. The number of aryl methyl sites for hydroxylation is 1. The Morgan fingerprint density at radius 2 is 1.78 bits per heavy atom. The minimum atomic E-state index is -0.340. The molecule has 0 aliphatic carbocycles. The molecule has 2 aromatic rings. The second-order valence-electron chi connectivity index (χ2n) is 6.80. The lowest BCUT2D eigenvalue weighted by atomic mass is 10.1. The van der Waals surface area contributed by atoms with Crippen molar-refractivity contribution in [2.45, 2.75) is 47.2 Å². The highest BCUT2D eigenvalue weighted by Gasteiger charge is 2.20. The van der Waals surface area contributed by atoms with Crippen LogP contribution in [0, 0.1) is 6.92 Å². The summed E-state index contributed by atoms with van der Waals surface area (Å²) in [5.74, 6) is 0.225. The molecular formula is C22H32IN5O3S. The van der Waals surface area contributed by atoms with Crippen LogP contribution < -0.4 is 16.0 Å². The third kappa shape index (κ3) is 8.05. The van der Waals surface area contributed by atoms with Crippen LogP contribution in [0.2, 0.25) is 0 Å². The van der Waals surface area contributed by atoms with Gasteiger partial charge in [0.2, 0.25) is 0 Å². The molecule has 1 aromatic heterocycles. The van der Waals surface area contributed by atoms with Crippen LogP contribution in [0.3, 0.4) is 0 Å². The maximum Gasteiger partial charge on any atom is 0.350 e. The van der Waals surface area contributed by atoms with Gasteiger partial charge in [-0.15, -0.1) is 35.3 Å². The Morgan fingerprint density at radius 3 is 2.38 bits per heavy atom. The van der Waals surface area contributed by atoms with Crippen molar-refractivity contribution in [1.82, 2.24) is 20.9 Å². The molecule has 10 heteroatoms. The average Bonchev–Trinajstić information content (AvgIpc) is 3.15. The van der Waals surface area contributed by atoms with Crippen LogP contribution in [0.1, 0.15) is 70.0 Å². The summed E-state index contributed by atoms with van der Waals surface area (Å²) in [6.45, 7) is 11.6. The van der Waals surface area contributed by atoms with Crippen LogP contribution in [0.15, 0.2) is 29.3 Å². The van der Waals surface area contributed by atoms with Crippen molar-refractivity contribution in [3.63, 3.8) is 0 Å². The predicted octanol–water partition coefficient (Wildman–Crippen LogP) is 3.81. The molecule has 0 fully saturated rings. The summed E-state index contributed by atoms with van der Waals surface area (Å²) in [6, 6.07) is 7.26. The fourth-order valence-corrected chi connectivity index (χ4v) is 3.73. The number of carbonyl (C=O) groups excluding carboxylic acids is 2. The summed E-state index contributed by atoms with van der Waals surface area (Å²) in [5, 5.41) is 10.1. The van der Waals surface area contributed by atoms with E-state index < -0.39 is 0 Å². The number of hydrogen-bond donors (Lipinski definition) is 3. The molecule has 0 spiro atoms. The summed E-state index contributed by atoms with van der Waals surface area (Å²) < 4.78 is 5.10. The smallest absolute Gasteiger partial charge is 0.350 e. The van der Waals surface area contributed by atoms with Crippen molar-refractivity contribution in [3.05, 3.63) is 51.0 Å². The molecule has 1 amide bonds. The second-order valence-corrected chi connectivity index (χ2v) is 7.84. The van der Waals surface area contributed by atoms with Crippen molar-refractivity contribution in [2.75, 3.05) is 19.7 Å². The van der Waals surface area contributed by atoms with Gasteiger partial charge in [0.1, 0.15) is 9.88 Å². The third-order valence-electron chi connectivity index (χ3n) is 4.32. The van der Waals surface area contributed by atoms with Gasteiger partial charge in [-0.2, -0.15) is 0 Å². The maximum absolute atomic E-state index is 12.1. The number of nitrogens with one attached hydrogen (secondary N) is 3. The number of thiazole rings is 1. The van der Waals surface area contributed by atoms with Crippen molar-refractivity contribution < 1.29 is 14.3 Å². The van der Waals surface area contributed by atoms with Gasteiger partial charge in [0.25, 0.3) is 5.91 Å². The van der Waals surface area contributed by atoms with E-state index in [2.05, 4.69) is 25.9 Å². The normalized spacial score (nSPS) is 11.8. The molecule has 0 bridgehead atoms. The van der Waals surface area contributed by atoms with Crippen LogP contribution in [-0.4, -0.2) is 42.5 Å². The second kappa shape index (κ2) is 14.0. The van der Waals surface area contributed by atoms with Gasteiger partial charge < -0.3 is 20.7 Å². The lowest BCUT2D eigenvalue weighted by Crippen LogP contribution is -2.38. The van der Waals surface area contributed by atoms with Gasteiger partial charge >= 0.3 is 5.97 Å². The SMILES string of the molecule is CCNC(=O)c1ccc(CN=C(NCC)NC(C)c2nc(C)c(C(=O)OCC)s2)cc1.I. The number of guanidine groups is 1. The first kappa shape index (κ1) is 27.8. The first-order chi connectivity index (χ1) is 14.9. The number of halogens is 1. The minimum absolute atomic E-state index is 0. The predicted molar refractivity (Wildman–Crippen MR) is 139 cm³/mol. The van der Waals surface area contributed by atoms with Gasteiger partial charge in [0, 0.05) is 18.7 Å². The number of hydrogen-bond acceptors (Lipinski definition) is 6. The van der Waals surface area contributed by atoms with Crippen molar-refractivity contribution in [3.8, 4) is 0 Å². The molecule has 0 aliphatic heterocycles. The van der Waals surface area contributed by atoms with E-state index in [0.717, 1.165) is 10.6 Å². The van der Waals surface area contributed by atoms with Crippen LogP contribution >= 0.6 is 35.3 Å². The van der Waals surface area contributed by atoms with E-state index >= 15 is 0 Å². The molecule has 0 saturated carbocycles. The number of carbonyl (C=O) groups is 2. The van der Waals surface area contributed by atoms with Gasteiger partial charge in [-0.05, 0) is 52.3 Å². The lowest BCUT2D eigenvalue weighted by Gasteiger charge is -2.16. The number of aromatic nitrogens is 1. The van der Waals surface area contributed by atoms with Gasteiger partial charge in [-0.1, -0.05) is 12.1 Å². The van der Waals surface area contributed by atoms with E-state index in [4.69, 9.17) is 4.74 Å². The number of nitrogens with zero attached hydrogens (tertiary/aromatic N) is 2. The summed E-state index contributed by atoms with van der Waals surface area (Å²) in [5.41, 5.74) is 2.29. The molecular weight excluding hydrogens is 541 g/mol. The number of amides is 1. The Kier molecular flexibility index (Phi) is 12.2. The van der Waals surface area contributed by atoms with Gasteiger partial charge in [0.15, 0.2) is 5.96 Å². The summed E-state index contributed by atoms with van der Waals surface area (Å²) >= 11 is 1.33. The van der Waals surface area contributed by atoms with Gasteiger partial charge in [-0.25, -0.2) is 14.8 Å². The molecule has 32 heavy (non-hydrogen) atoms. The van der Waals surface area contributed by atoms with E-state index in [-0.39, 0.29) is 41.9 Å². The van der Waals surface area contributed by atoms with E-state index in [1.54, 1.807) is 19.1 Å². The van der Waals surface area contributed by atoms with Crippen molar-refractivity contribution >= 4 is 53.1 Å². The molecule has 176 valence electrons. The van der Waals surface area contributed by atoms with E-state index in [0.29, 0.717) is 48.3 Å². The first-order valence-electron chi connectivity index (χ1n) is 10.5. The number of benzene rings is 1. The summed E-state index contributed by atoms with van der Waals surface area (Å²) in [6.07, 6.45) is 0. The molecule has 3 N–H and O–H groups in total. The first-order valence-corrected chi connectivity index (χ1v) is 11.3. The van der Waals surface area contributed by atoms with Crippen LogP contribution in [0.5, 0.6) is 0 Å². The maximum atomic E-state index is 12.1. The number of aliphatic imine (C=N–C) groups is 1. The highest BCUT2D eigenvalue weighted by Crippen LogP contribution is 2.24. The zero-order valence-corrected chi connectivity index (χ0v) is 22.3. The van der Waals surface area contributed by atoms with Crippen LogP contribution in [-0.2, 0) is 11.3 Å². The fourth-order valence-electron chi connectivity index (χ4n) is 2.77. The Labute approximate surface area is 210 Å². The third-order valence-corrected chi connectivity index (χ3v) is 5.64. The van der Waals surface area contributed by atoms with Crippen molar-refractivity contribution in [2.24, 2.45) is 4.99 Å². The molecule has 0 saturated heterocycles. The van der Waals surface area contributed by atoms with Gasteiger partial charge in [-0.3, -0.25) is 4.79 Å². The number of ether oxygens (including phenoxy) is 1. The van der Waals surface area contributed by atoms with E-state index in [1.807, 2.05) is 39.8 Å². The minimum Gasteiger partial charge on any atom is -0.462 e. The zero-order valence-electron chi connectivity index (χ0n) is 19.2. The Hall–Kier alpha value is -2.21. The molecule has 1 aromatic carbocycles. The largest absolute Gasteiger partial charge is 0.462 e. The van der Waals surface area contributed by atoms with E-state index in [9.17, 15) is 9.59 Å². The van der Waals surface area contributed by atoms with Gasteiger partial charge in [0.05, 0.1) is 24.9 Å². The molecule has 1 heterocycles. The Bertz CT molecular complexity index is 915. The quantitative estimate of drug-likeness (QED) is 0.183.